The van der Waals surface area contributed by atoms with Gasteiger partial charge in [0.2, 0.25) is 11.8 Å². The van der Waals surface area contributed by atoms with Crippen LogP contribution in [0.4, 0.5) is 21.9 Å². The molecule has 3 aromatic rings. The molecule has 0 saturated carbocycles. The van der Waals surface area contributed by atoms with Gasteiger partial charge in [-0.1, -0.05) is 53.7 Å². The van der Waals surface area contributed by atoms with Crippen LogP contribution in [0.15, 0.2) is 90.1 Å². The van der Waals surface area contributed by atoms with Gasteiger partial charge in [0.05, 0.1) is 6.54 Å². The highest BCUT2D eigenvalue weighted by Gasteiger charge is 2.22. The van der Waals surface area contributed by atoms with Gasteiger partial charge in [-0.05, 0) is 36.4 Å². The average Bonchev–Trinajstić information content (AvgIpc) is 2.91. The first kappa shape index (κ1) is 26.4. The Morgan fingerprint density at radius 3 is 2.05 bits per heavy atom. The van der Waals surface area contributed by atoms with Crippen molar-refractivity contribution >= 4 is 46.6 Å². The zero-order valence-corrected chi connectivity index (χ0v) is 19.9. The van der Waals surface area contributed by atoms with Gasteiger partial charge in [-0.3, -0.25) is 9.59 Å². The van der Waals surface area contributed by atoms with Crippen molar-refractivity contribution in [2.45, 2.75) is 0 Å². The molecule has 0 aliphatic heterocycles. The molecule has 0 aromatic heterocycles. The molecule has 3 rings (SSSR count). The molecule has 0 unspecified atom stereocenters. The van der Waals surface area contributed by atoms with Gasteiger partial charge in [0.15, 0.2) is 5.71 Å². The Hall–Kier alpha value is -5.19. The second-order valence-electron chi connectivity index (χ2n) is 7.75. The maximum Gasteiger partial charge on any atom is 0.358 e. The summed E-state index contributed by atoms with van der Waals surface area (Å²) < 4.78 is 0. The van der Waals surface area contributed by atoms with E-state index in [1.165, 1.54) is 34.1 Å². The summed E-state index contributed by atoms with van der Waals surface area (Å²) in [6.45, 7) is -0.667. The highest BCUT2D eigenvalue weighted by molar-refractivity contribution is 6.42. The zero-order valence-electron chi connectivity index (χ0n) is 19.9. The van der Waals surface area contributed by atoms with E-state index < -0.39 is 30.2 Å². The normalized spacial score (nSPS) is 10.8. The number of aliphatic carboxylic acids is 1. The van der Waals surface area contributed by atoms with Crippen molar-refractivity contribution in [3.05, 3.63) is 90.5 Å². The number of nitrogens with zero attached hydrogens (tertiary/aromatic N) is 3. The second-order valence-corrected chi connectivity index (χ2v) is 7.75. The van der Waals surface area contributed by atoms with Gasteiger partial charge in [-0.2, -0.15) is 0 Å². The number of amides is 4. The van der Waals surface area contributed by atoms with E-state index in [1.807, 2.05) is 6.07 Å². The smallest absolute Gasteiger partial charge is 0.358 e. The fourth-order valence-electron chi connectivity index (χ4n) is 3.36. The molecule has 0 spiro atoms. The first-order chi connectivity index (χ1) is 17.8. The molecule has 4 N–H and O–H groups in total. The summed E-state index contributed by atoms with van der Waals surface area (Å²) in [5, 5.41) is 25.7. The lowest BCUT2D eigenvalue weighted by Gasteiger charge is -2.25. The minimum absolute atomic E-state index is 0.0696. The first-order valence-electron chi connectivity index (χ1n) is 11.1. The number of nitrogens with one attached hydrogen (secondary N) is 2. The number of carbonyl (C=O) groups excluding carboxylic acids is 3. The molecule has 0 saturated heterocycles. The molecule has 11 heteroatoms. The molecule has 0 aliphatic rings. The lowest BCUT2D eigenvalue weighted by atomic mass is 10.1. The largest absolute Gasteiger partial charge is 0.476 e. The molecular formula is C26H25N5O6. The van der Waals surface area contributed by atoms with Crippen LogP contribution in [0.5, 0.6) is 0 Å². The summed E-state index contributed by atoms with van der Waals surface area (Å²) in [6, 6.07) is 22.5. The van der Waals surface area contributed by atoms with Crippen LogP contribution in [0.1, 0.15) is 5.56 Å². The molecule has 190 valence electrons. The Morgan fingerprint density at radius 1 is 0.838 bits per heavy atom. The van der Waals surface area contributed by atoms with E-state index >= 15 is 0 Å². The van der Waals surface area contributed by atoms with Crippen LogP contribution < -0.4 is 20.4 Å². The van der Waals surface area contributed by atoms with E-state index in [0.29, 0.717) is 11.4 Å². The quantitative estimate of drug-likeness (QED) is 0.200. The summed E-state index contributed by atoms with van der Waals surface area (Å²) in [6.07, 6.45) is 0. The van der Waals surface area contributed by atoms with Crippen LogP contribution in [0.25, 0.3) is 0 Å². The van der Waals surface area contributed by atoms with Crippen LogP contribution in [0.2, 0.25) is 0 Å². The number of benzene rings is 3. The summed E-state index contributed by atoms with van der Waals surface area (Å²) in [5.74, 6) is -2.29. The fourth-order valence-corrected chi connectivity index (χ4v) is 3.36. The Kier molecular flexibility index (Phi) is 8.92. The van der Waals surface area contributed by atoms with Crippen molar-refractivity contribution in [1.82, 2.24) is 5.32 Å². The van der Waals surface area contributed by atoms with Crippen molar-refractivity contribution in [2.75, 3.05) is 35.3 Å². The van der Waals surface area contributed by atoms with Crippen molar-refractivity contribution < 1.29 is 29.5 Å². The van der Waals surface area contributed by atoms with Gasteiger partial charge in [-0.25, -0.2) is 9.59 Å². The third-order valence-corrected chi connectivity index (χ3v) is 5.28. The number of urea groups is 1. The molecule has 0 atom stereocenters. The molecule has 0 heterocycles. The number of hydrogen-bond donors (Lipinski definition) is 4. The number of anilines is 3. The van der Waals surface area contributed by atoms with Gasteiger partial charge in [0.1, 0.15) is 6.54 Å². The lowest BCUT2D eigenvalue weighted by molar-refractivity contribution is -0.129. The first-order valence-corrected chi connectivity index (χ1v) is 11.1. The maximum absolute atomic E-state index is 13.1. The van der Waals surface area contributed by atoms with Gasteiger partial charge in [-0.15, -0.1) is 0 Å². The number of likely N-dealkylation sites (N-methyl/N-ethyl adjacent to an activating group) is 1. The predicted molar refractivity (Wildman–Crippen MR) is 138 cm³/mol. The summed E-state index contributed by atoms with van der Waals surface area (Å²) in [5.41, 5.74) is 0.846. The minimum Gasteiger partial charge on any atom is -0.476 e. The van der Waals surface area contributed by atoms with Crippen LogP contribution >= 0.6 is 0 Å². The molecule has 11 nitrogen and oxygen atoms in total. The number of rotatable bonds is 9. The van der Waals surface area contributed by atoms with Gasteiger partial charge >= 0.3 is 12.0 Å². The lowest BCUT2D eigenvalue weighted by Crippen LogP contribution is -2.46. The number of oxime groups is 1. The summed E-state index contributed by atoms with van der Waals surface area (Å²) in [7, 11) is 1.61. The monoisotopic (exact) mass is 503 g/mol. The summed E-state index contributed by atoms with van der Waals surface area (Å²) >= 11 is 0. The third kappa shape index (κ3) is 7.15. The third-order valence-electron chi connectivity index (χ3n) is 5.28. The Bertz CT molecular complexity index is 1300. The molecule has 0 aliphatic carbocycles. The predicted octanol–water partition coefficient (Wildman–Crippen LogP) is 2.77. The van der Waals surface area contributed by atoms with Gasteiger partial charge < -0.3 is 30.7 Å². The number of carbonyl (C=O) groups is 4. The second kappa shape index (κ2) is 12.5. The van der Waals surface area contributed by atoms with E-state index in [-0.39, 0.29) is 23.7 Å². The Morgan fingerprint density at radius 2 is 1.46 bits per heavy atom. The zero-order chi connectivity index (χ0) is 26.8. The Labute approximate surface area is 212 Å². The topological polar surface area (TPSA) is 152 Å². The van der Waals surface area contributed by atoms with Gasteiger partial charge in [0, 0.05) is 29.7 Å². The SMILES string of the molecule is CN(C(=O)CN(C(=O)CNC(=O)Nc1cccc(/C(=N\O)C(=O)O)c1)c1ccccc1)c1ccccc1. The number of carboxylic acids is 1. The van der Waals surface area contributed by atoms with E-state index in [4.69, 9.17) is 10.3 Å². The number of hydrogen-bond acceptors (Lipinski definition) is 6. The fraction of sp³-hybridized carbons (Fsp3) is 0.115. The van der Waals surface area contributed by atoms with Crippen molar-refractivity contribution in [2.24, 2.45) is 5.16 Å². The average molecular weight is 504 g/mol. The standard InChI is InChI=1S/C26H25N5O6/c1-30(20-11-4-2-5-12-20)23(33)17-31(21-13-6-3-7-14-21)22(32)16-27-26(36)28-19-10-8-9-18(15-19)24(29-37)25(34)35/h2-15,37H,16-17H2,1H3,(H,34,35)(H2,27,28,36)/b29-24+. The van der Waals surface area contributed by atoms with Crippen LogP contribution in [-0.2, 0) is 14.4 Å². The molecule has 0 bridgehead atoms. The molecule has 3 aromatic carbocycles. The van der Waals surface area contributed by atoms with Crippen LogP contribution in [-0.4, -0.2) is 60.0 Å². The van der Waals surface area contributed by atoms with Crippen LogP contribution in [0.3, 0.4) is 0 Å². The van der Waals surface area contributed by atoms with E-state index in [0.717, 1.165) is 0 Å². The number of para-hydroxylation sites is 2. The minimum atomic E-state index is -1.44. The Balaban J connectivity index is 1.67. The van der Waals surface area contributed by atoms with Crippen molar-refractivity contribution in [3.8, 4) is 0 Å². The van der Waals surface area contributed by atoms with Crippen molar-refractivity contribution in [1.29, 1.82) is 0 Å². The van der Waals surface area contributed by atoms with Crippen LogP contribution in [0, 0.1) is 0 Å². The maximum atomic E-state index is 13.1. The highest BCUT2D eigenvalue weighted by Crippen LogP contribution is 2.16. The van der Waals surface area contributed by atoms with Gasteiger partial charge in [0.25, 0.3) is 0 Å². The van der Waals surface area contributed by atoms with Crippen molar-refractivity contribution in [3.63, 3.8) is 0 Å². The molecule has 0 radical (unpaired) electrons. The molecule has 37 heavy (non-hydrogen) atoms. The molecular weight excluding hydrogens is 478 g/mol. The van der Waals surface area contributed by atoms with E-state index in [9.17, 15) is 19.2 Å². The molecule has 0 fully saturated rings. The molecule has 4 amide bonds. The van der Waals surface area contributed by atoms with E-state index in [1.54, 1.807) is 61.6 Å². The number of carboxylic acid groups (broad SMARTS) is 1. The summed E-state index contributed by atoms with van der Waals surface area (Å²) in [4.78, 5) is 52.3. The van der Waals surface area contributed by atoms with E-state index in [2.05, 4.69) is 15.8 Å². The highest BCUT2D eigenvalue weighted by atomic mass is 16.4.